The van der Waals surface area contributed by atoms with Gasteiger partial charge in [-0.15, -0.1) is 6.58 Å². The normalized spacial score (nSPS) is 51.8. The number of aliphatic hydroxyl groups is 23. The summed E-state index contributed by atoms with van der Waals surface area (Å²) < 4.78 is 114. The molecule has 9 aliphatic heterocycles. The van der Waals surface area contributed by atoms with Crippen LogP contribution in [0.2, 0.25) is 0 Å². The van der Waals surface area contributed by atoms with E-state index in [1.165, 1.54) is 32.9 Å². The molecule has 0 amide bonds. The zero-order chi connectivity index (χ0) is 97.1. The summed E-state index contributed by atoms with van der Waals surface area (Å²) >= 11 is 0. The van der Waals surface area contributed by atoms with Crippen LogP contribution in [0.5, 0.6) is 0 Å². The lowest BCUT2D eigenvalue weighted by molar-refractivity contribution is -0.385. The van der Waals surface area contributed by atoms with E-state index >= 15 is 4.79 Å². The Morgan fingerprint density at radius 2 is 0.917 bits per heavy atom. The molecule has 44 heteroatoms. The Morgan fingerprint density at radius 3 is 1.51 bits per heavy atom. The minimum absolute atomic E-state index is 0.0237. The summed E-state index contributed by atoms with van der Waals surface area (Å²) in [6.45, 7) is 20.8. The second-order valence-electron chi connectivity index (χ2n) is 41.6. The number of allylic oxidation sites excluding steroid dienone is 3. The number of fused-ring (bicyclic) bond motifs is 7. The van der Waals surface area contributed by atoms with Gasteiger partial charge in [0.1, 0.15) is 170 Å². The zero-order valence-electron chi connectivity index (χ0n) is 76.5. The van der Waals surface area contributed by atoms with Crippen LogP contribution < -0.4 is 0 Å². The average Bonchev–Trinajstić information content (AvgIpc) is 0.668. The van der Waals surface area contributed by atoms with Crippen LogP contribution in [0, 0.1) is 50.2 Å². The first-order valence-electron chi connectivity index (χ1n) is 46.3. The Hall–Kier alpha value is -3.44. The molecule has 133 heavy (non-hydrogen) atoms. The molecule has 0 bridgehead atoms. The van der Waals surface area contributed by atoms with Crippen LogP contribution in [0.25, 0.3) is 0 Å². The Bertz CT molecular complexity index is 3980. The number of hydrogen-bond acceptors (Lipinski definition) is 44. The number of carbonyl (C=O) groups excluding carboxylic acids is 2. The van der Waals surface area contributed by atoms with Gasteiger partial charge in [-0.05, 0) is 143 Å². The molecule has 13 fully saturated rings. The molecule has 44 nitrogen and oxygen atoms in total. The maximum Gasteiger partial charge on any atom is 0.333 e. The Balaban J connectivity index is 0.700. The summed E-state index contributed by atoms with van der Waals surface area (Å²) in [6.07, 6.45) is -62.4. The van der Waals surface area contributed by atoms with Crippen molar-refractivity contribution in [1.29, 1.82) is 0 Å². The van der Waals surface area contributed by atoms with E-state index in [2.05, 4.69) is 61.1 Å². The van der Waals surface area contributed by atoms with E-state index in [1.807, 2.05) is 0 Å². The Kier molecular flexibility index (Phi) is 32.6. The molecule has 9 saturated heterocycles. The molecule has 23 N–H and O–H groups in total. The molecule has 0 spiro atoms. The van der Waals surface area contributed by atoms with E-state index < -0.39 is 354 Å². The van der Waals surface area contributed by atoms with Crippen LogP contribution in [0.3, 0.4) is 0 Å². The Morgan fingerprint density at radius 1 is 0.451 bits per heavy atom. The van der Waals surface area contributed by atoms with E-state index in [0.29, 0.717) is 44.9 Å². The van der Waals surface area contributed by atoms with Crippen molar-refractivity contribution in [2.75, 3.05) is 46.2 Å². The van der Waals surface area contributed by atoms with Crippen molar-refractivity contribution in [1.82, 2.24) is 0 Å². The third kappa shape index (κ3) is 20.2. The number of ether oxygens (including phenoxy) is 19. The van der Waals surface area contributed by atoms with Gasteiger partial charge in [-0.2, -0.15) is 0 Å². The molecule has 14 rings (SSSR count). The van der Waals surface area contributed by atoms with Crippen LogP contribution in [0.4, 0.5) is 0 Å². The highest BCUT2D eigenvalue weighted by molar-refractivity contribution is 5.88. The molecular weight excluding hydrogens is 1770 g/mol. The molecule has 0 radical (unpaired) electrons. The third-order valence-electron chi connectivity index (χ3n) is 32.1. The zero-order valence-corrected chi connectivity index (χ0v) is 76.5. The van der Waals surface area contributed by atoms with E-state index in [9.17, 15) is 122 Å². The van der Waals surface area contributed by atoms with E-state index in [-0.39, 0.29) is 49.7 Å². The summed E-state index contributed by atoms with van der Waals surface area (Å²) in [5, 5.41) is 257. The largest absolute Gasteiger partial charge is 0.451 e. The minimum atomic E-state index is -2.24. The molecule has 0 aromatic rings. The van der Waals surface area contributed by atoms with E-state index in [4.69, 9.17) is 90.0 Å². The van der Waals surface area contributed by atoms with Crippen LogP contribution in [0.15, 0.2) is 36.0 Å². The SMILES string of the molecule is C=C[C@@](C)(CC/C=C(\C)C(=O)O[C@H]1[C@H](OC[C@H]2O[C@@H](OC(=O)[C@]34CCC(C)(C)C[C@H]3C3=CC[C@@H]5[C@@]6(C)CC[C@H](O[C@@H]7O[C@H](CO[C@@H]8OC[C@H](O)[C@H](O)[C@H]8O[C@@H]8OC[C@@H](O)[C@H](O)[C@H]8O)[C@@H](O)[C@H](O)[C@H]7O)C(C)(C)[C@@H]6CC[C@@]5(C)[C@]3(C)C[C@H]4O)[C@H](O[C@@H]3O[C@@H](C)[C@H](O[C@@H]4OC[C@@H](O)[C@H](O)[C@H]4O[C@@H]4OC[C@@H](O)[C@H](O)[C@H]4O)[C@@H](O)[C@H]3O)[C@@H](O)[C@@H]2O)O[C@@H](C)[C@H](O)[C@H]1O)O[C@H]1OC[C@@H](O)[C@@H](O)[C@@H]1O. The predicted octanol–water partition coefficient (Wildman–Crippen LogP) is -6.48. The van der Waals surface area contributed by atoms with Gasteiger partial charge in [-0.3, -0.25) is 4.79 Å². The first-order valence-corrected chi connectivity index (χ1v) is 46.3. The highest BCUT2D eigenvalue weighted by Gasteiger charge is 2.73. The molecule has 50 atom stereocenters. The van der Waals surface area contributed by atoms with Crippen molar-refractivity contribution >= 4 is 11.9 Å². The van der Waals surface area contributed by atoms with Gasteiger partial charge < -0.3 is 207 Å². The van der Waals surface area contributed by atoms with Crippen molar-refractivity contribution in [3.63, 3.8) is 0 Å². The van der Waals surface area contributed by atoms with E-state index in [1.54, 1.807) is 6.92 Å². The van der Waals surface area contributed by atoms with Gasteiger partial charge >= 0.3 is 11.9 Å². The molecule has 5 aliphatic carbocycles. The summed E-state index contributed by atoms with van der Waals surface area (Å²) in [4.78, 5) is 30.5. The molecule has 762 valence electrons. The fourth-order valence-electron chi connectivity index (χ4n) is 23.4. The summed E-state index contributed by atoms with van der Waals surface area (Å²) in [7, 11) is 0. The molecule has 0 aromatic heterocycles. The van der Waals surface area contributed by atoms with Crippen LogP contribution in [0.1, 0.15) is 147 Å². The molecule has 14 aliphatic rings. The van der Waals surface area contributed by atoms with Crippen molar-refractivity contribution in [2.24, 2.45) is 50.2 Å². The van der Waals surface area contributed by atoms with Crippen molar-refractivity contribution in [2.45, 2.75) is 410 Å². The Labute approximate surface area is 768 Å². The first-order chi connectivity index (χ1) is 62.4. The molecule has 4 saturated carbocycles. The summed E-state index contributed by atoms with van der Waals surface area (Å²) in [5.74, 6) is -2.96. The second-order valence-corrected chi connectivity index (χ2v) is 41.6. The fourth-order valence-corrected chi connectivity index (χ4v) is 23.4. The van der Waals surface area contributed by atoms with Gasteiger partial charge in [0, 0.05) is 5.57 Å². The molecular formula is C89H142O44. The maximum absolute atomic E-state index is 16.4. The lowest BCUT2D eigenvalue weighted by atomic mass is 9.33. The standard InChI is InChI=1S/C89H142O44/c1-13-85(9,133-75-64(110)53(99)41(92)29-117-75)20-14-15-34(2)72(113)127-70-59(105)50(96)35(3)122-79(70)121-33-45-57(103)60(106)71(131-76-66(112)61(107)67(36(4)123-76)128-80-69(55(101)43(94)31-119-80)130-74-63(109)52(98)40(91)28-116-74)81(125-45)132-82(114)89-24-23-83(5,6)25-38(89)37-16-17-47-86(10)21-19-49(84(7,8)46(86)18-22-87(47,11)88(37,12)26-48(89)95)126-77-65(111)58(104)56(102)44(124-77)32-120-78-68(54(100)42(93)30-118-78)129-73-62(108)51(97)39(90)27-115-73/h13,15-16,35-36,38-71,73-81,90-112H,1,14,17-33H2,2-12H3/b34-15+/t35-,36-,38-,39+,40+,41+,42-,43+,44+,45+,46-,47+,48+,49-,50-,51-,52-,53+,54-,55-,56+,57+,58-,59+,60-,61-,62+,63+,64-,65+,66+,67-,68+,69+,70+,71+,73-,74-,75+,76-,77-,78-,79+,80-,81-,85-,86-,87+,88+,89+/m0/s1. The van der Waals surface area contributed by atoms with Gasteiger partial charge in [-0.1, -0.05) is 72.3 Å². The third-order valence-corrected chi connectivity index (χ3v) is 32.1. The summed E-state index contributed by atoms with van der Waals surface area (Å²) in [5.41, 5.74) is -5.16. The van der Waals surface area contributed by atoms with Gasteiger partial charge in [0.25, 0.3) is 0 Å². The van der Waals surface area contributed by atoms with Crippen LogP contribution >= 0.6 is 0 Å². The minimum Gasteiger partial charge on any atom is -0.451 e. The molecule has 0 unspecified atom stereocenters. The lowest BCUT2D eigenvalue weighted by Gasteiger charge is -2.71. The molecule has 9 heterocycles. The number of aliphatic hydroxyl groups excluding tert-OH is 23. The predicted molar refractivity (Wildman–Crippen MR) is 442 cm³/mol. The molecule has 0 aromatic carbocycles. The summed E-state index contributed by atoms with van der Waals surface area (Å²) in [6, 6.07) is 0. The quantitative estimate of drug-likeness (QED) is 0.0166. The van der Waals surface area contributed by atoms with E-state index in [0.717, 1.165) is 5.57 Å². The highest BCUT2D eigenvalue weighted by Crippen LogP contribution is 2.76. The number of hydrogen-bond donors (Lipinski definition) is 23. The van der Waals surface area contributed by atoms with Crippen LogP contribution in [-0.2, 0) is 99.6 Å². The van der Waals surface area contributed by atoms with Gasteiger partial charge in [0.2, 0.25) is 6.29 Å². The monoisotopic (exact) mass is 1910 g/mol. The maximum atomic E-state index is 16.4. The second kappa shape index (κ2) is 41.1. The van der Waals surface area contributed by atoms with Gasteiger partial charge in [0.05, 0.1) is 76.3 Å². The van der Waals surface area contributed by atoms with Crippen molar-refractivity contribution in [3.05, 3.63) is 36.0 Å². The van der Waals surface area contributed by atoms with Gasteiger partial charge in [0.15, 0.2) is 62.5 Å². The number of rotatable bonds is 26. The number of esters is 2. The first kappa shape index (κ1) is 105. The van der Waals surface area contributed by atoms with Crippen LogP contribution in [-0.4, -0.2) is 439 Å². The average molecular weight is 1920 g/mol. The van der Waals surface area contributed by atoms with Gasteiger partial charge in [-0.25, -0.2) is 4.79 Å². The van der Waals surface area contributed by atoms with Crippen molar-refractivity contribution in [3.8, 4) is 0 Å². The fraction of sp³-hybridized carbons (Fsp3) is 0.910. The lowest BCUT2D eigenvalue weighted by Crippen LogP contribution is -2.69. The van der Waals surface area contributed by atoms with Crippen molar-refractivity contribution < 1.29 is 217 Å². The highest BCUT2D eigenvalue weighted by atomic mass is 16.8. The number of carbonyl (C=O) groups is 2. The smallest absolute Gasteiger partial charge is 0.333 e. The topological polar surface area (TPSA) is 675 Å².